The van der Waals surface area contributed by atoms with E-state index in [2.05, 4.69) is 10.3 Å². The molecule has 1 aromatic carbocycles. The summed E-state index contributed by atoms with van der Waals surface area (Å²) in [5.74, 6) is 0.337. The Hall–Kier alpha value is -2.05. The number of hydrogen-bond acceptors (Lipinski definition) is 3. The van der Waals surface area contributed by atoms with Gasteiger partial charge in [0.05, 0.1) is 17.3 Å². The van der Waals surface area contributed by atoms with E-state index in [0.717, 1.165) is 16.2 Å². The fourth-order valence-electron chi connectivity index (χ4n) is 2.17. The summed E-state index contributed by atoms with van der Waals surface area (Å²) >= 11 is 7.45. The predicted molar refractivity (Wildman–Crippen MR) is 93.8 cm³/mol. The number of nitrogens with one attached hydrogen (secondary N) is 1. The summed E-state index contributed by atoms with van der Waals surface area (Å²) in [6, 6.07) is 9.85. The minimum absolute atomic E-state index is 0.0419. The van der Waals surface area contributed by atoms with Crippen molar-refractivity contribution in [2.75, 3.05) is 5.75 Å². The van der Waals surface area contributed by atoms with Gasteiger partial charge in [-0.3, -0.25) is 4.79 Å². The molecular formula is C17H15ClFN3OS. The Labute approximate surface area is 148 Å². The van der Waals surface area contributed by atoms with Gasteiger partial charge in [-0.15, -0.1) is 11.8 Å². The zero-order valence-corrected chi connectivity index (χ0v) is 14.3. The van der Waals surface area contributed by atoms with Crippen LogP contribution in [0, 0.1) is 5.82 Å². The summed E-state index contributed by atoms with van der Waals surface area (Å²) < 4.78 is 14.6. The molecule has 0 radical (unpaired) electrons. The van der Waals surface area contributed by atoms with Crippen LogP contribution in [0.5, 0.6) is 0 Å². The number of aromatic nitrogens is 2. The lowest BCUT2D eigenvalue weighted by atomic mass is 10.3. The Morgan fingerprint density at radius 3 is 2.79 bits per heavy atom. The fourth-order valence-corrected chi connectivity index (χ4v) is 3.19. The number of hydrogen-bond donors (Lipinski definition) is 1. The molecule has 4 nitrogen and oxygen atoms in total. The minimum Gasteiger partial charge on any atom is -0.350 e. The van der Waals surface area contributed by atoms with Crippen LogP contribution in [-0.2, 0) is 11.3 Å². The van der Waals surface area contributed by atoms with E-state index in [-0.39, 0.29) is 11.7 Å². The summed E-state index contributed by atoms with van der Waals surface area (Å²) in [6.07, 6.45) is 4.00. The molecule has 2 heterocycles. The van der Waals surface area contributed by atoms with E-state index in [1.165, 1.54) is 23.9 Å². The summed E-state index contributed by atoms with van der Waals surface area (Å²) in [4.78, 5) is 17.2. The monoisotopic (exact) mass is 363 g/mol. The van der Waals surface area contributed by atoms with Crippen LogP contribution in [0.25, 0.3) is 5.65 Å². The second kappa shape index (κ2) is 7.68. The van der Waals surface area contributed by atoms with Crippen LogP contribution >= 0.6 is 23.4 Å². The van der Waals surface area contributed by atoms with Gasteiger partial charge in [0.15, 0.2) is 0 Å². The van der Waals surface area contributed by atoms with E-state index in [9.17, 15) is 9.18 Å². The van der Waals surface area contributed by atoms with Gasteiger partial charge in [0, 0.05) is 29.5 Å². The van der Waals surface area contributed by atoms with Gasteiger partial charge in [-0.2, -0.15) is 0 Å². The molecular weight excluding hydrogens is 349 g/mol. The molecule has 0 atom stereocenters. The number of amides is 1. The number of rotatable bonds is 6. The lowest BCUT2D eigenvalue weighted by molar-refractivity contribution is -0.120. The van der Waals surface area contributed by atoms with Crippen molar-refractivity contribution in [3.8, 4) is 0 Å². The van der Waals surface area contributed by atoms with Crippen LogP contribution in [0.3, 0.4) is 0 Å². The molecule has 3 rings (SSSR count). The summed E-state index contributed by atoms with van der Waals surface area (Å²) in [7, 11) is 0. The van der Waals surface area contributed by atoms with Crippen molar-refractivity contribution in [1.82, 2.24) is 14.7 Å². The average molecular weight is 364 g/mol. The minimum atomic E-state index is -0.258. The Bertz CT molecular complexity index is 851. The number of pyridine rings is 1. The highest BCUT2D eigenvalue weighted by Crippen LogP contribution is 2.18. The van der Waals surface area contributed by atoms with Gasteiger partial charge in [0.2, 0.25) is 5.91 Å². The van der Waals surface area contributed by atoms with Crippen molar-refractivity contribution in [3.05, 3.63) is 65.3 Å². The quantitative estimate of drug-likeness (QED) is 0.675. The largest absolute Gasteiger partial charge is 0.350 e. The highest BCUT2D eigenvalue weighted by Gasteiger charge is 2.06. The van der Waals surface area contributed by atoms with E-state index in [4.69, 9.17) is 11.6 Å². The number of imidazole rings is 1. The number of benzene rings is 1. The van der Waals surface area contributed by atoms with E-state index in [1.807, 2.05) is 16.7 Å². The number of nitrogens with zero attached hydrogens (tertiary/aromatic N) is 2. The molecule has 0 aliphatic heterocycles. The number of halogens is 2. The molecule has 1 amide bonds. The smallest absolute Gasteiger partial charge is 0.221 e. The van der Waals surface area contributed by atoms with E-state index in [0.29, 0.717) is 23.7 Å². The van der Waals surface area contributed by atoms with Gasteiger partial charge in [-0.05, 0) is 36.4 Å². The maximum atomic E-state index is 12.8. The third-order valence-electron chi connectivity index (χ3n) is 3.34. The molecule has 0 fully saturated rings. The van der Waals surface area contributed by atoms with Crippen LogP contribution in [-0.4, -0.2) is 21.0 Å². The third-order valence-corrected chi connectivity index (χ3v) is 4.58. The molecule has 1 N–H and O–H groups in total. The molecule has 0 aliphatic rings. The molecule has 0 aliphatic carbocycles. The fraction of sp³-hybridized carbons (Fsp3) is 0.176. The molecule has 24 heavy (non-hydrogen) atoms. The second-order valence-electron chi connectivity index (χ2n) is 5.17. The van der Waals surface area contributed by atoms with Crippen molar-refractivity contribution in [2.24, 2.45) is 0 Å². The molecule has 0 bridgehead atoms. The zero-order chi connectivity index (χ0) is 16.9. The Kier molecular flexibility index (Phi) is 5.37. The van der Waals surface area contributed by atoms with Crippen LogP contribution in [0.1, 0.15) is 12.1 Å². The van der Waals surface area contributed by atoms with Gasteiger partial charge in [-0.25, -0.2) is 9.37 Å². The number of carbonyl (C=O) groups excluding carboxylic acids is 1. The molecule has 0 unspecified atom stereocenters. The highest BCUT2D eigenvalue weighted by atomic mass is 35.5. The topological polar surface area (TPSA) is 46.4 Å². The van der Waals surface area contributed by atoms with Crippen molar-refractivity contribution in [1.29, 1.82) is 0 Å². The van der Waals surface area contributed by atoms with E-state index < -0.39 is 0 Å². The lowest BCUT2D eigenvalue weighted by Gasteiger charge is -2.03. The van der Waals surface area contributed by atoms with Gasteiger partial charge in [-0.1, -0.05) is 11.6 Å². The van der Waals surface area contributed by atoms with Gasteiger partial charge < -0.3 is 9.72 Å². The number of thioether (sulfide) groups is 1. The van der Waals surface area contributed by atoms with Crippen molar-refractivity contribution >= 4 is 34.9 Å². The molecule has 0 saturated heterocycles. The lowest BCUT2D eigenvalue weighted by Crippen LogP contribution is -2.23. The van der Waals surface area contributed by atoms with Gasteiger partial charge in [0.1, 0.15) is 11.5 Å². The van der Waals surface area contributed by atoms with Crippen LogP contribution in [0.4, 0.5) is 4.39 Å². The zero-order valence-electron chi connectivity index (χ0n) is 12.7. The second-order valence-corrected chi connectivity index (χ2v) is 6.78. The molecule has 3 aromatic rings. The molecule has 0 spiro atoms. The first-order valence-corrected chi connectivity index (χ1v) is 8.75. The molecule has 7 heteroatoms. The first-order chi connectivity index (χ1) is 11.6. The molecule has 2 aromatic heterocycles. The number of fused-ring (bicyclic) bond motifs is 1. The summed E-state index contributed by atoms with van der Waals surface area (Å²) in [5, 5.41) is 3.48. The van der Waals surface area contributed by atoms with Crippen molar-refractivity contribution < 1.29 is 9.18 Å². The summed E-state index contributed by atoms with van der Waals surface area (Å²) in [6.45, 7) is 0.374. The van der Waals surface area contributed by atoms with Crippen LogP contribution in [0.2, 0.25) is 5.02 Å². The van der Waals surface area contributed by atoms with E-state index in [1.54, 1.807) is 24.4 Å². The van der Waals surface area contributed by atoms with Crippen LogP contribution < -0.4 is 5.32 Å². The Morgan fingerprint density at radius 1 is 1.21 bits per heavy atom. The van der Waals surface area contributed by atoms with Crippen molar-refractivity contribution in [2.45, 2.75) is 17.9 Å². The first-order valence-electron chi connectivity index (χ1n) is 7.38. The molecule has 0 saturated carbocycles. The van der Waals surface area contributed by atoms with Crippen LogP contribution in [0.15, 0.2) is 53.7 Å². The first kappa shape index (κ1) is 16.8. The molecule has 124 valence electrons. The average Bonchev–Trinajstić information content (AvgIpc) is 2.97. The summed E-state index contributed by atoms with van der Waals surface area (Å²) in [5.41, 5.74) is 1.56. The third kappa shape index (κ3) is 4.49. The number of carbonyl (C=O) groups is 1. The maximum absolute atomic E-state index is 12.8. The highest BCUT2D eigenvalue weighted by molar-refractivity contribution is 7.99. The normalized spacial score (nSPS) is 10.9. The van der Waals surface area contributed by atoms with Crippen molar-refractivity contribution in [3.63, 3.8) is 0 Å². The maximum Gasteiger partial charge on any atom is 0.221 e. The van der Waals surface area contributed by atoms with Gasteiger partial charge in [0.25, 0.3) is 0 Å². The predicted octanol–water partition coefficient (Wildman–Crippen LogP) is 3.93. The SMILES string of the molecule is O=C(CCSc1ccc(F)cc1)NCc1cn2cc(Cl)ccc2n1. The van der Waals surface area contributed by atoms with E-state index >= 15 is 0 Å². The Balaban J connectivity index is 1.45. The standard InChI is InChI=1S/C17H15ClFN3OS/c18-12-1-6-16-21-14(11-22(16)10-12)9-20-17(23)7-8-24-15-4-2-13(19)3-5-15/h1-6,10-11H,7-9H2,(H,20,23). The van der Waals surface area contributed by atoms with Gasteiger partial charge >= 0.3 is 0 Å². The Morgan fingerprint density at radius 2 is 2.00 bits per heavy atom.